The first-order valence-corrected chi connectivity index (χ1v) is 12.9. The summed E-state index contributed by atoms with van der Waals surface area (Å²) >= 11 is -0.793. The summed E-state index contributed by atoms with van der Waals surface area (Å²) < 4.78 is 35.4. The maximum absolute atomic E-state index is 11.7. The predicted molar refractivity (Wildman–Crippen MR) is 88.7 cm³/mol. The second-order valence-corrected chi connectivity index (χ2v) is 14.4. The normalized spacial score (nSPS) is 23.6. The predicted octanol–water partition coefficient (Wildman–Crippen LogP) is 3.90. The van der Waals surface area contributed by atoms with E-state index in [9.17, 15) is 8.99 Å². The third-order valence-corrected chi connectivity index (χ3v) is 10.4. The largest absolute Gasteiger partial charge is 0.722 e. The van der Waals surface area contributed by atoms with Gasteiger partial charge in [0.1, 0.15) is 0 Å². The smallest absolute Gasteiger partial charge is 0.255 e. The summed E-state index contributed by atoms with van der Waals surface area (Å²) in [5, 5.41) is 11.7. The summed E-state index contributed by atoms with van der Waals surface area (Å²) in [5.74, 6) is 4.72. The number of hydrogen-bond donors (Lipinski definition) is 1. The minimum atomic E-state index is -5.42. The molecule has 1 N–H and O–H groups in total. The Morgan fingerprint density at radius 2 is 1.36 bits per heavy atom. The van der Waals surface area contributed by atoms with E-state index in [4.69, 9.17) is 13.0 Å². The van der Waals surface area contributed by atoms with Crippen LogP contribution in [0.3, 0.4) is 0 Å². The zero-order valence-electron chi connectivity index (χ0n) is 15.0. The van der Waals surface area contributed by atoms with E-state index in [1.807, 2.05) is 0 Å². The van der Waals surface area contributed by atoms with Crippen LogP contribution >= 0.6 is 0 Å². The molecule has 0 atom stereocenters. The van der Waals surface area contributed by atoms with E-state index in [2.05, 4.69) is 53.2 Å². The van der Waals surface area contributed by atoms with E-state index in [0.717, 1.165) is 12.8 Å². The van der Waals surface area contributed by atoms with E-state index in [0.29, 0.717) is 0 Å². The van der Waals surface area contributed by atoms with Crippen molar-refractivity contribution < 1.29 is 22.0 Å². The van der Waals surface area contributed by atoms with Gasteiger partial charge in [-0.25, -0.2) is 8.42 Å². The zero-order chi connectivity index (χ0) is 18.2. The van der Waals surface area contributed by atoms with Crippen molar-refractivity contribution in [2.45, 2.75) is 82.4 Å². The van der Waals surface area contributed by atoms with Crippen molar-refractivity contribution in [1.29, 1.82) is 0 Å². The quantitative estimate of drug-likeness (QED) is 0.429. The standard InChI is InChI=1S/C15H31OSe.FHO3S/c1-12(2)10-9-11-13(3,4)15(12,16)14(5,6)17(7)8;1-5(2,3)4/h16H,9-11H2,1-8H3;(H,2,3,4)/q+1;/p-1. The Morgan fingerprint density at radius 1 is 1.09 bits per heavy atom. The number of aliphatic hydroxyl groups is 1. The Balaban J connectivity index is 0.000000763. The van der Waals surface area contributed by atoms with Crippen LogP contribution in [0.1, 0.15) is 60.8 Å². The molecule has 7 heteroatoms. The van der Waals surface area contributed by atoms with Gasteiger partial charge in [-0.05, 0) is 0 Å². The van der Waals surface area contributed by atoms with E-state index in [1.54, 1.807) is 0 Å². The second kappa shape index (κ2) is 6.67. The van der Waals surface area contributed by atoms with Crippen LogP contribution in [-0.4, -0.2) is 37.6 Å². The van der Waals surface area contributed by atoms with Gasteiger partial charge in [-0.15, -0.1) is 3.89 Å². The molecule has 1 fully saturated rings. The van der Waals surface area contributed by atoms with Crippen LogP contribution in [0.25, 0.3) is 0 Å². The van der Waals surface area contributed by atoms with Crippen LogP contribution in [0.2, 0.25) is 16.0 Å². The SMILES string of the molecule is C[Se+](C)C(C)(C)C1(O)C(C)(C)CCCC1(C)C.O=S(=O)([O-])F. The van der Waals surface area contributed by atoms with Gasteiger partial charge in [0.05, 0.1) is 0 Å². The minimum Gasteiger partial charge on any atom is -0.722 e. The molecule has 0 amide bonds. The molecule has 1 saturated carbocycles. The van der Waals surface area contributed by atoms with Gasteiger partial charge in [0, 0.05) is 0 Å². The number of rotatable bonds is 2. The van der Waals surface area contributed by atoms with Crippen LogP contribution in [0.4, 0.5) is 3.89 Å². The van der Waals surface area contributed by atoms with E-state index >= 15 is 0 Å². The van der Waals surface area contributed by atoms with Crippen LogP contribution in [-0.2, 0) is 10.5 Å². The van der Waals surface area contributed by atoms with Crippen LogP contribution < -0.4 is 0 Å². The van der Waals surface area contributed by atoms with Crippen LogP contribution in [0.15, 0.2) is 0 Å². The molecule has 0 aromatic carbocycles. The third kappa shape index (κ3) is 4.44. The first-order valence-electron chi connectivity index (χ1n) is 7.36. The summed E-state index contributed by atoms with van der Waals surface area (Å²) in [6.07, 6.45) is 3.54. The Kier molecular flexibility index (Phi) is 6.77. The van der Waals surface area contributed by atoms with Crippen LogP contribution in [0.5, 0.6) is 0 Å². The first-order chi connectivity index (χ1) is 9.40. The van der Waals surface area contributed by atoms with Gasteiger partial charge in [0.15, 0.2) is 0 Å². The maximum atomic E-state index is 11.7. The average molecular weight is 405 g/mol. The number of hydrogen-bond acceptors (Lipinski definition) is 4. The summed E-state index contributed by atoms with van der Waals surface area (Å²) in [6.45, 7) is 13.7. The molecule has 0 radical (unpaired) electrons. The molecule has 22 heavy (non-hydrogen) atoms. The van der Waals surface area contributed by atoms with Crippen molar-refractivity contribution in [3.8, 4) is 0 Å². The van der Waals surface area contributed by atoms with E-state index < -0.39 is 30.0 Å². The average Bonchev–Trinajstić information content (AvgIpc) is 2.22. The molecule has 0 spiro atoms. The minimum absolute atomic E-state index is 0.0199. The van der Waals surface area contributed by atoms with Gasteiger partial charge < -0.3 is 4.55 Å². The first kappa shape index (κ1) is 22.3. The maximum Gasteiger partial charge on any atom is 0.255 e. The molecule has 0 aromatic rings. The molecular weight excluding hydrogens is 374 g/mol. The molecule has 134 valence electrons. The number of halogens is 1. The summed E-state index contributed by atoms with van der Waals surface area (Å²) in [5.41, 5.74) is -0.516. The Labute approximate surface area is 139 Å². The fraction of sp³-hybridized carbons (Fsp3) is 1.00. The summed E-state index contributed by atoms with van der Waals surface area (Å²) in [4.78, 5) is 0. The van der Waals surface area contributed by atoms with E-state index in [-0.39, 0.29) is 15.1 Å². The van der Waals surface area contributed by atoms with Crippen molar-refractivity contribution in [2.24, 2.45) is 10.8 Å². The monoisotopic (exact) mass is 406 g/mol. The topological polar surface area (TPSA) is 77.4 Å². The zero-order valence-corrected chi connectivity index (χ0v) is 17.5. The van der Waals surface area contributed by atoms with Gasteiger partial charge in [-0.3, -0.25) is 0 Å². The van der Waals surface area contributed by atoms with Gasteiger partial charge in [-0.1, -0.05) is 0 Å². The van der Waals surface area contributed by atoms with Crippen molar-refractivity contribution in [2.75, 3.05) is 0 Å². The molecule has 0 bridgehead atoms. The molecule has 0 aliphatic heterocycles. The molecule has 0 saturated heterocycles. The van der Waals surface area contributed by atoms with Gasteiger partial charge in [0.25, 0.3) is 10.5 Å². The fourth-order valence-electron chi connectivity index (χ4n) is 4.18. The molecule has 1 aliphatic rings. The van der Waals surface area contributed by atoms with Crippen molar-refractivity contribution in [3.63, 3.8) is 0 Å². The fourth-order valence-corrected chi connectivity index (χ4v) is 6.57. The Bertz CT molecular complexity index is 460. The summed E-state index contributed by atoms with van der Waals surface area (Å²) in [6, 6.07) is 0. The second-order valence-electron chi connectivity index (χ2n) is 8.05. The summed E-state index contributed by atoms with van der Waals surface area (Å²) in [7, 11) is -5.42. The molecule has 1 rings (SSSR count). The van der Waals surface area contributed by atoms with Gasteiger partial charge in [0.2, 0.25) is 0 Å². The molecular formula is C15H31FO4SSe. The molecule has 1 aliphatic carbocycles. The van der Waals surface area contributed by atoms with E-state index in [1.165, 1.54) is 6.42 Å². The van der Waals surface area contributed by atoms with Crippen LogP contribution in [0, 0.1) is 10.8 Å². The molecule has 4 nitrogen and oxygen atoms in total. The van der Waals surface area contributed by atoms with Gasteiger partial charge >= 0.3 is 112 Å². The third-order valence-electron chi connectivity index (χ3n) is 5.45. The molecule has 0 aromatic heterocycles. The Morgan fingerprint density at radius 3 is 1.59 bits per heavy atom. The molecule has 0 heterocycles. The van der Waals surface area contributed by atoms with Crippen molar-refractivity contribution in [1.82, 2.24) is 0 Å². The van der Waals surface area contributed by atoms with Crippen molar-refractivity contribution in [3.05, 3.63) is 0 Å². The van der Waals surface area contributed by atoms with Crippen molar-refractivity contribution >= 4 is 24.4 Å². The molecule has 0 unspecified atom stereocenters. The van der Waals surface area contributed by atoms with Gasteiger partial charge in [-0.2, -0.15) is 0 Å². The Hall–Kier alpha value is 0.319.